The number of aryl methyl sites for hydroxylation is 1. The first-order valence-corrected chi connectivity index (χ1v) is 8.20. The smallest absolute Gasteiger partial charge is 0.350 e. The lowest BCUT2D eigenvalue weighted by atomic mass is 10.1. The van der Waals surface area contributed by atoms with Crippen LogP contribution in [0.5, 0.6) is 0 Å². The summed E-state index contributed by atoms with van der Waals surface area (Å²) in [7, 11) is 1.29. The number of rotatable bonds is 6. The highest BCUT2D eigenvalue weighted by atomic mass is 32.1. The van der Waals surface area contributed by atoms with Gasteiger partial charge in [-0.1, -0.05) is 18.2 Å². The molecule has 0 saturated carbocycles. The van der Waals surface area contributed by atoms with Gasteiger partial charge >= 0.3 is 5.97 Å². The Morgan fingerprint density at radius 3 is 2.62 bits per heavy atom. The molecule has 1 aromatic heterocycles. The van der Waals surface area contributed by atoms with E-state index in [0.29, 0.717) is 16.1 Å². The summed E-state index contributed by atoms with van der Waals surface area (Å²) in [4.78, 5) is 35.9. The molecule has 126 valence electrons. The Labute approximate surface area is 143 Å². The molecule has 0 radical (unpaired) electrons. The van der Waals surface area contributed by atoms with Crippen molar-refractivity contribution in [3.05, 3.63) is 51.7 Å². The van der Waals surface area contributed by atoms with Crippen LogP contribution in [-0.2, 0) is 9.53 Å². The topological polar surface area (TPSA) is 84.5 Å². The summed E-state index contributed by atoms with van der Waals surface area (Å²) >= 11 is 1.19. The molecule has 0 saturated heterocycles. The highest BCUT2D eigenvalue weighted by Crippen LogP contribution is 2.23. The number of nitrogens with one attached hydrogen (secondary N) is 2. The number of anilines is 1. The molecular weight excluding hydrogens is 328 g/mol. The maximum atomic E-state index is 12.0. The van der Waals surface area contributed by atoms with Crippen molar-refractivity contribution in [3.8, 4) is 0 Å². The van der Waals surface area contributed by atoms with Crippen molar-refractivity contribution in [1.29, 1.82) is 0 Å². The fraction of sp³-hybridized carbons (Fsp3) is 0.235. The molecule has 0 aliphatic heterocycles. The molecule has 24 heavy (non-hydrogen) atoms. The Bertz CT molecular complexity index is 755. The number of methoxy groups -OCH3 is 1. The Kier molecular flexibility index (Phi) is 6.08. The normalized spacial score (nSPS) is 10.1. The quantitative estimate of drug-likeness (QED) is 0.788. The van der Waals surface area contributed by atoms with Crippen molar-refractivity contribution in [1.82, 2.24) is 5.32 Å². The molecule has 1 aromatic carbocycles. The number of thiophene rings is 1. The molecule has 0 aliphatic rings. The zero-order chi connectivity index (χ0) is 17.5. The van der Waals surface area contributed by atoms with Gasteiger partial charge in [-0.3, -0.25) is 9.59 Å². The van der Waals surface area contributed by atoms with Crippen LogP contribution in [-0.4, -0.2) is 31.4 Å². The average molecular weight is 346 g/mol. The maximum Gasteiger partial charge on any atom is 0.350 e. The van der Waals surface area contributed by atoms with Gasteiger partial charge in [-0.15, -0.1) is 11.3 Å². The number of ether oxygens (including phenoxy) is 1. The van der Waals surface area contributed by atoms with Crippen LogP contribution in [0.4, 0.5) is 5.69 Å². The minimum atomic E-state index is -0.492. The van der Waals surface area contributed by atoms with E-state index in [9.17, 15) is 14.4 Å². The van der Waals surface area contributed by atoms with Crippen molar-refractivity contribution < 1.29 is 19.1 Å². The third-order valence-corrected chi connectivity index (χ3v) is 4.23. The summed E-state index contributed by atoms with van der Waals surface area (Å²) in [6.07, 6.45) is 0.105. The lowest BCUT2D eigenvalue weighted by molar-refractivity contribution is -0.116. The molecule has 0 spiro atoms. The number of hydrogen-bond donors (Lipinski definition) is 2. The predicted molar refractivity (Wildman–Crippen MR) is 92.4 cm³/mol. The number of amides is 2. The molecule has 2 amide bonds. The molecule has 7 heteroatoms. The van der Waals surface area contributed by atoms with Crippen LogP contribution < -0.4 is 10.6 Å². The van der Waals surface area contributed by atoms with Gasteiger partial charge in [-0.2, -0.15) is 0 Å². The van der Waals surface area contributed by atoms with Crippen LogP contribution in [0.3, 0.4) is 0 Å². The highest BCUT2D eigenvalue weighted by molar-refractivity contribution is 7.12. The minimum Gasteiger partial charge on any atom is -0.465 e. The fourth-order valence-electron chi connectivity index (χ4n) is 2.08. The highest BCUT2D eigenvalue weighted by Gasteiger charge is 2.15. The molecule has 0 fully saturated rings. The number of carbonyl (C=O) groups is 3. The first kappa shape index (κ1) is 17.7. The lowest BCUT2D eigenvalue weighted by Crippen LogP contribution is -2.28. The first-order chi connectivity index (χ1) is 11.5. The van der Waals surface area contributed by atoms with Gasteiger partial charge in [0, 0.05) is 18.5 Å². The van der Waals surface area contributed by atoms with Crippen LogP contribution in [0.1, 0.15) is 32.0 Å². The largest absolute Gasteiger partial charge is 0.465 e. The Morgan fingerprint density at radius 1 is 1.17 bits per heavy atom. The van der Waals surface area contributed by atoms with E-state index in [1.165, 1.54) is 18.4 Å². The second-order valence-corrected chi connectivity index (χ2v) is 5.94. The molecule has 0 atom stereocenters. The maximum absolute atomic E-state index is 12.0. The molecule has 2 N–H and O–H groups in total. The molecule has 0 aliphatic carbocycles. The zero-order valence-electron chi connectivity index (χ0n) is 13.4. The van der Waals surface area contributed by atoms with Crippen molar-refractivity contribution in [2.45, 2.75) is 13.3 Å². The Morgan fingerprint density at radius 2 is 1.92 bits per heavy atom. The molecule has 0 unspecified atom stereocenters. The summed E-state index contributed by atoms with van der Waals surface area (Å²) < 4.78 is 4.65. The van der Waals surface area contributed by atoms with E-state index in [1.54, 1.807) is 23.6 Å². The van der Waals surface area contributed by atoms with Crippen molar-refractivity contribution >= 4 is 34.8 Å². The third kappa shape index (κ3) is 4.42. The number of carbonyl (C=O) groups excluding carboxylic acids is 3. The Hall–Kier alpha value is -2.67. The van der Waals surface area contributed by atoms with E-state index < -0.39 is 5.97 Å². The third-order valence-electron chi connectivity index (χ3n) is 3.34. The number of hydrogen-bond acceptors (Lipinski definition) is 5. The summed E-state index contributed by atoms with van der Waals surface area (Å²) in [5, 5.41) is 7.06. The lowest BCUT2D eigenvalue weighted by Gasteiger charge is -2.08. The molecule has 1 heterocycles. The van der Waals surface area contributed by atoms with Gasteiger partial charge in [-0.25, -0.2) is 4.79 Å². The molecule has 2 rings (SSSR count). The molecule has 2 aromatic rings. The van der Waals surface area contributed by atoms with E-state index in [-0.39, 0.29) is 24.8 Å². The van der Waals surface area contributed by atoms with E-state index in [4.69, 9.17) is 0 Å². The minimum absolute atomic E-state index is 0.105. The molecule has 0 bridgehead atoms. The summed E-state index contributed by atoms with van der Waals surface area (Å²) in [5.41, 5.74) is 1.88. The van der Waals surface area contributed by atoms with Gasteiger partial charge in [-0.05, 0) is 30.0 Å². The van der Waals surface area contributed by atoms with E-state index in [0.717, 1.165) is 5.56 Å². The number of benzene rings is 1. The predicted octanol–water partition coefficient (Wildman–Crippen LogP) is 2.60. The van der Waals surface area contributed by atoms with Gasteiger partial charge in [0.2, 0.25) is 5.91 Å². The van der Waals surface area contributed by atoms with Gasteiger partial charge in [0.05, 0.1) is 12.8 Å². The van der Waals surface area contributed by atoms with Crippen LogP contribution >= 0.6 is 11.3 Å². The second-order valence-electron chi connectivity index (χ2n) is 5.02. The van der Waals surface area contributed by atoms with Crippen molar-refractivity contribution in [3.63, 3.8) is 0 Å². The summed E-state index contributed by atoms with van der Waals surface area (Å²) in [6.45, 7) is 2.06. The zero-order valence-corrected chi connectivity index (χ0v) is 14.2. The van der Waals surface area contributed by atoms with Crippen LogP contribution in [0.2, 0.25) is 0 Å². The van der Waals surface area contributed by atoms with E-state index in [2.05, 4.69) is 15.4 Å². The van der Waals surface area contributed by atoms with Gasteiger partial charge in [0.25, 0.3) is 5.91 Å². The van der Waals surface area contributed by atoms with Gasteiger partial charge < -0.3 is 15.4 Å². The summed E-state index contributed by atoms with van der Waals surface area (Å²) in [5.74, 6) is -0.997. The van der Waals surface area contributed by atoms with Gasteiger partial charge in [0.15, 0.2) is 0 Å². The standard InChI is InChI=1S/C17H18N2O4S/c1-11-5-3-4-6-12(11)16(21)18-9-7-14(20)19-13-8-10-24-15(13)17(22)23-2/h3-6,8,10H,7,9H2,1-2H3,(H,18,21)(H,19,20). The molecule has 6 nitrogen and oxygen atoms in total. The van der Waals surface area contributed by atoms with Crippen molar-refractivity contribution in [2.75, 3.05) is 19.0 Å². The molecular formula is C17H18N2O4S. The van der Waals surface area contributed by atoms with Crippen LogP contribution in [0.25, 0.3) is 0 Å². The fourth-order valence-corrected chi connectivity index (χ4v) is 2.85. The SMILES string of the molecule is COC(=O)c1sccc1NC(=O)CCNC(=O)c1ccccc1C. The van der Waals surface area contributed by atoms with Crippen LogP contribution in [0.15, 0.2) is 35.7 Å². The first-order valence-electron chi connectivity index (χ1n) is 7.32. The second kappa shape index (κ2) is 8.26. The van der Waals surface area contributed by atoms with Crippen molar-refractivity contribution in [2.24, 2.45) is 0 Å². The summed E-state index contributed by atoms with van der Waals surface area (Å²) in [6, 6.07) is 8.88. The van der Waals surface area contributed by atoms with Gasteiger partial charge in [0.1, 0.15) is 4.88 Å². The van der Waals surface area contributed by atoms with E-state index in [1.807, 2.05) is 19.1 Å². The van der Waals surface area contributed by atoms with E-state index >= 15 is 0 Å². The number of esters is 1. The average Bonchev–Trinajstić information content (AvgIpc) is 3.02. The monoisotopic (exact) mass is 346 g/mol. The Balaban J connectivity index is 1.84. The van der Waals surface area contributed by atoms with Crippen LogP contribution in [0, 0.1) is 6.92 Å².